The zero-order valence-corrected chi connectivity index (χ0v) is 6.82. The van der Waals surface area contributed by atoms with Crippen LogP contribution in [0.5, 0.6) is 0 Å². The van der Waals surface area contributed by atoms with Gasteiger partial charge in [-0.25, -0.2) is 0 Å². The van der Waals surface area contributed by atoms with E-state index < -0.39 is 0 Å². The van der Waals surface area contributed by atoms with Crippen LogP contribution in [0.2, 0.25) is 0 Å². The Morgan fingerprint density at radius 3 is 2.90 bits per heavy atom. The standard InChI is InChI=1S/C10H16/c1-2-3-7-10-8-5-4-6-9-10/h10H,2-3,5,7-9H2,1H3. The molecule has 0 saturated carbocycles. The Labute approximate surface area is 64.0 Å². The van der Waals surface area contributed by atoms with Crippen molar-refractivity contribution in [3.8, 4) is 11.8 Å². The number of hydrogen-bond acceptors (Lipinski definition) is 0. The Morgan fingerprint density at radius 1 is 1.40 bits per heavy atom. The van der Waals surface area contributed by atoms with Gasteiger partial charge in [-0.15, -0.1) is 11.8 Å². The van der Waals surface area contributed by atoms with Crippen LogP contribution in [0.15, 0.2) is 0 Å². The molecule has 1 aliphatic rings. The molecule has 1 aliphatic carbocycles. The minimum absolute atomic E-state index is 0.932. The quantitative estimate of drug-likeness (QED) is 0.523. The van der Waals surface area contributed by atoms with Gasteiger partial charge in [0.25, 0.3) is 0 Å². The second kappa shape index (κ2) is 4.39. The van der Waals surface area contributed by atoms with Gasteiger partial charge in [0, 0.05) is 12.8 Å². The Bertz CT molecular complexity index is 136. The van der Waals surface area contributed by atoms with E-state index in [1.54, 1.807) is 0 Å². The van der Waals surface area contributed by atoms with Crippen molar-refractivity contribution in [1.29, 1.82) is 0 Å². The van der Waals surface area contributed by atoms with Crippen LogP contribution in [-0.4, -0.2) is 0 Å². The molecule has 1 rings (SSSR count). The topological polar surface area (TPSA) is 0 Å². The molecule has 0 heterocycles. The lowest BCUT2D eigenvalue weighted by Crippen LogP contribution is -2.01. The lowest BCUT2D eigenvalue weighted by atomic mass is 9.91. The van der Waals surface area contributed by atoms with Crippen molar-refractivity contribution in [3.63, 3.8) is 0 Å². The van der Waals surface area contributed by atoms with Crippen molar-refractivity contribution in [2.75, 3.05) is 0 Å². The fourth-order valence-electron chi connectivity index (χ4n) is 1.42. The molecule has 1 atom stereocenters. The number of rotatable bonds is 3. The molecule has 0 aromatic carbocycles. The number of hydrogen-bond donors (Lipinski definition) is 0. The first kappa shape index (κ1) is 7.66. The lowest BCUT2D eigenvalue weighted by molar-refractivity contribution is 0.442. The van der Waals surface area contributed by atoms with E-state index in [0.29, 0.717) is 0 Å². The van der Waals surface area contributed by atoms with Gasteiger partial charge in [0.1, 0.15) is 0 Å². The van der Waals surface area contributed by atoms with Gasteiger partial charge < -0.3 is 0 Å². The van der Waals surface area contributed by atoms with E-state index in [9.17, 15) is 0 Å². The summed E-state index contributed by atoms with van der Waals surface area (Å²) >= 11 is 0. The molecule has 0 radical (unpaired) electrons. The Morgan fingerprint density at radius 2 is 2.30 bits per heavy atom. The Kier molecular flexibility index (Phi) is 3.36. The molecule has 0 aliphatic heterocycles. The predicted octanol–water partition coefficient (Wildman–Crippen LogP) is 2.98. The Balaban J connectivity index is 2.12. The summed E-state index contributed by atoms with van der Waals surface area (Å²) in [6, 6.07) is 0. The molecule has 0 aromatic heterocycles. The second-order valence-electron chi connectivity index (χ2n) is 3.10. The van der Waals surface area contributed by atoms with Gasteiger partial charge in [0.15, 0.2) is 0 Å². The van der Waals surface area contributed by atoms with E-state index >= 15 is 0 Å². The zero-order valence-electron chi connectivity index (χ0n) is 6.82. The van der Waals surface area contributed by atoms with Gasteiger partial charge in [-0.3, -0.25) is 0 Å². The van der Waals surface area contributed by atoms with E-state index in [1.807, 2.05) is 0 Å². The summed E-state index contributed by atoms with van der Waals surface area (Å²) < 4.78 is 0. The maximum absolute atomic E-state index is 3.19. The van der Waals surface area contributed by atoms with E-state index in [0.717, 1.165) is 12.3 Å². The molecule has 0 aromatic rings. The van der Waals surface area contributed by atoms with Gasteiger partial charge in [0.05, 0.1) is 0 Å². The van der Waals surface area contributed by atoms with Crippen molar-refractivity contribution < 1.29 is 0 Å². The highest BCUT2D eigenvalue weighted by molar-refractivity contribution is 5.04. The summed E-state index contributed by atoms with van der Waals surface area (Å²) in [4.78, 5) is 0. The van der Waals surface area contributed by atoms with Crippen molar-refractivity contribution >= 4 is 0 Å². The highest BCUT2D eigenvalue weighted by atomic mass is 14.1. The fourth-order valence-corrected chi connectivity index (χ4v) is 1.42. The van der Waals surface area contributed by atoms with E-state index in [1.165, 1.54) is 32.1 Å². The fraction of sp³-hybridized carbons (Fsp3) is 0.800. The van der Waals surface area contributed by atoms with Gasteiger partial charge in [-0.2, -0.15) is 0 Å². The normalized spacial score (nSPS) is 23.5. The van der Waals surface area contributed by atoms with Crippen LogP contribution in [0.4, 0.5) is 0 Å². The highest BCUT2D eigenvalue weighted by Gasteiger charge is 2.07. The van der Waals surface area contributed by atoms with Crippen molar-refractivity contribution in [1.82, 2.24) is 0 Å². The third-order valence-electron chi connectivity index (χ3n) is 2.16. The monoisotopic (exact) mass is 136 g/mol. The molecule has 10 heavy (non-hydrogen) atoms. The summed E-state index contributed by atoms with van der Waals surface area (Å²) in [5.74, 6) is 7.27. The molecule has 0 saturated heterocycles. The summed E-state index contributed by atoms with van der Waals surface area (Å²) in [6.07, 6.45) is 7.81. The summed E-state index contributed by atoms with van der Waals surface area (Å²) in [6.45, 7) is 2.26. The summed E-state index contributed by atoms with van der Waals surface area (Å²) in [5.41, 5.74) is 0. The maximum Gasteiger partial charge on any atom is 0.0117 e. The SMILES string of the molecule is CCCCC1CC#CCC1. The van der Waals surface area contributed by atoms with Crippen LogP contribution in [0.3, 0.4) is 0 Å². The van der Waals surface area contributed by atoms with Gasteiger partial charge in [-0.05, 0) is 18.8 Å². The summed E-state index contributed by atoms with van der Waals surface area (Å²) in [5, 5.41) is 0. The van der Waals surface area contributed by atoms with Crippen LogP contribution >= 0.6 is 0 Å². The van der Waals surface area contributed by atoms with Gasteiger partial charge >= 0.3 is 0 Å². The van der Waals surface area contributed by atoms with Crippen LogP contribution in [0, 0.1) is 17.8 Å². The molecule has 0 bridgehead atoms. The molecule has 0 N–H and O–H groups in total. The van der Waals surface area contributed by atoms with Gasteiger partial charge in [0.2, 0.25) is 0 Å². The molecule has 0 spiro atoms. The Hall–Kier alpha value is -0.440. The largest absolute Gasteiger partial charge is 0.103 e. The van der Waals surface area contributed by atoms with E-state index in [4.69, 9.17) is 0 Å². The van der Waals surface area contributed by atoms with Crippen molar-refractivity contribution in [2.45, 2.75) is 45.4 Å². The predicted molar refractivity (Wildman–Crippen MR) is 44.6 cm³/mol. The van der Waals surface area contributed by atoms with Crippen LogP contribution in [0.1, 0.15) is 45.4 Å². The smallest absolute Gasteiger partial charge is 0.0117 e. The highest BCUT2D eigenvalue weighted by Crippen LogP contribution is 2.20. The molecule has 56 valence electrons. The van der Waals surface area contributed by atoms with E-state index in [-0.39, 0.29) is 0 Å². The molecular formula is C10H16. The molecular weight excluding hydrogens is 120 g/mol. The van der Waals surface area contributed by atoms with Crippen molar-refractivity contribution in [2.24, 2.45) is 5.92 Å². The average molecular weight is 136 g/mol. The molecule has 0 amide bonds. The maximum atomic E-state index is 3.19. The first-order chi connectivity index (χ1) is 4.93. The number of unbranched alkanes of at least 4 members (excludes halogenated alkanes) is 1. The first-order valence-electron chi connectivity index (χ1n) is 4.39. The van der Waals surface area contributed by atoms with Gasteiger partial charge in [-0.1, -0.05) is 19.8 Å². The second-order valence-corrected chi connectivity index (χ2v) is 3.10. The van der Waals surface area contributed by atoms with E-state index in [2.05, 4.69) is 18.8 Å². The molecule has 0 nitrogen and oxygen atoms in total. The van der Waals surface area contributed by atoms with Crippen molar-refractivity contribution in [3.05, 3.63) is 0 Å². The zero-order chi connectivity index (χ0) is 7.23. The van der Waals surface area contributed by atoms with Crippen LogP contribution in [-0.2, 0) is 0 Å². The summed E-state index contributed by atoms with van der Waals surface area (Å²) in [7, 11) is 0. The molecule has 1 unspecified atom stereocenters. The minimum Gasteiger partial charge on any atom is -0.103 e. The third-order valence-corrected chi connectivity index (χ3v) is 2.16. The average Bonchev–Trinajstić information content (AvgIpc) is 2.03. The molecule has 0 heteroatoms. The first-order valence-corrected chi connectivity index (χ1v) is 4.39. The third kappa shape index (κ3) is 2.43. The minimum atomic E-state index is 0.932. The van der Waals surface area contributed by atoms with Crippen LogP contribution in [0.25, 0.3) is 0 Å². The molecule has 0 fully saturated rings. The van der Waals surface area contributed by atoms with Crippen LogP contribution < -0.4 is 0 Å². The lowest BCUT2D eigenvalue weighted by Gasteiger charge is -2.13.